The normalized spacial score (nSPS) is 21.9. The van der Waals surface area contributed by atoms with Crippen LogP contribution in [0.15, 0.2) is 0 Å². The number of piperazine rings is 1. The minimum atomic E-state index is -3.25. The summed E-state index contributed by atoms with van der Waals surface area (Å²) < 4.78 is 27.2. The standard InChI is InChI=1S/C9H21N3O2S/c1-4-9(2)11(3)15(13,14)12-7-5-10-6-8-12/h9-10H,4-8H2,1-3H3. The summed E-state index contributed by atoms with van der Waals surface area (Å²) in [4.78, 5) is 0. The van der Waals surface area contributed by atoms with Gasteiger partial charge in [0.05, 0.1) is 0 Å². The third-order valence-electron chi connectivity index (χ3n) is 2.98. The SMILES string of the molecule is CCC(C)N(C)S(=O)(=O)N1CCNCC1. The highest BCUT2D eigenvalue weighted by Crippen LogP contribution is 2.12. The lowest BCUT2D eigenvalue weighted by Gasteiger charge is -2.33. The molecule has 1 saturated heterocycles. The first-order valence-electron chi connectivity index (χ1n) is 5.44. The fourth-order valence-corrected chi connectivity index (χ4v) is 3.15. The van der Waals surface area contributed by atoms with Gasteiger partial charge in [-0.15, -0.1) is 0 Å². The van der Waals surface area contributed by atoms with Gasteiger partial charge in [0.2, 0.25) is 0 Å². The van der Waals surface area contributed by atoms with Crippen molar-refractivity contribution in [2.24, 2.45) is 0 Å². The lowest BCUT2D eigenvalue weighted by molar-refractivity contribution is 0.301. The Bertz CT molecular complexity index is 278. The van der Waals surface area contributed by atoms with Gasteiger partial charge in [-0.1, -0.05) is 6.92 Å². The molecule has 1 fully saturated rings. The number of nitrogens with one attached hydrogen (secondary N) is 1. The number of nitrogens with zero attached hydrogens (tertiary/aromatic N) is 2. The summed E-state index contributed by atoms with van der Waals surface area (Å²) in [6.45, 7) is 6.56. The van der Waals surface area contributed by atoms with Crippen LogP contribution in [-0.4, -0.2) is 56.3 Å². The molecule has 0 amide bonds. The van der Waals surface area contributed by atoms with E-state index >= 15 is 0 Å². The molecule has 15 heavy (non-hydrogen) atoms. The molecule has 1 unspecified atom stereocenters. The molecule has 1 atom stereocenters. The van der Waals surface area contributed by atoms with Crippen LogP contribution in [0.5, 0.6) is 0 Å². The minimum Gasteiger partial charge on any atom is -0.314 e. The summed E-state index contributed by atoms with van der Waals surface area (Å²) in [5.74, 6) is 0. The van der Waals surface area contributed by atoms with Crippen LogP contribution in [0.4, 0.5) is 0 Å². The highest BCUT2D eigenvalue weighted by atomic mass is 32.2. The predicted octanol–water partition coefficient (Wildman–Crippen LogP) is -0.133. The average molecular weight is 235 g/mol. The molecule has 1 heterocycles. The van der Waals surface area contributed by atoms with Crippen LogP contribution in [0.25, 0.3) is 0 Å². The first-order valence-corrected chi connectivity index (χ1v) is 6.83. The zero-order chi connectivity index (χ0) is 11.5. The van der Waals surface area contributed by atoms with Gasteiger partial charge in [-0.3, -0.25) is 0 Å². The maximum Gasteiger partial charge on any atom is 0.282 e. The maximum absolute atomic E-state index is 12.1. The first kappa shape index (κ1) is 12.9. The molecule has 0 aromatic carbocycles. The quantitative estimate of drug-likeness (QED) is 0.738. The number of hydrogen-bond acceptors (Lipinski definition) is 3. The van der Waals surface area contributed by atoms with Crippen LogP contribution >= 0.6 is 0 Å². The van der Waals surface area contributed by atoms with Gasteiger partial charge in [0.25, 0.3) is 10.2 Å². The van der Waals surface area contributed by atoms with Crippen molar-refractivity contribution in [2.75, 3.05) is 33.2 Å². The van der Waals surface area contributed by atoms with E-state index < -0.39 is 10.2 Å². The predicted molar refractivity (Wildman–Crippen MR) is 60.9 cm³/mol. The molecular weight excluding hydrogens is 214 g/mol. The van der Waals surface area contributed by atoms with Crippen molar-refractivity contribution in [1.29, 1.82) is 0 Å². The van der Waals surface area contributed by atoms with Crippen molar-refractivity contribution < 1.29 is 8.42 Å². The van der Waals surface area contributed by atoms with Crippen molar-refractivity contribution in [3.8, 4) is 0 Å². The molecule has 0 spiro atoms. The van der Waals surface area contributed by atoms with E-state index in [0.717, 1.165) is 19.5 Å². The molecular formula is C9H21N3O2S. The molecule has 1 aliphatic heterocycles. The zero-order valence-corrected chi connectivity index (χ0v) is 10.5. The van der Waals surface area contributed by atoms with Crippen molar-refractivity contribution in [3.05, 3.63) is 0 Å². The Morgan fingerprint density at radius 1 is 1.40 bits per heavy atom. The molecule has 5 nitrogen and oxygen atoms in total. The third kappa shape index (κ3) is 2.90. The molecule has 1 rings (SSSR count). The Kier molecular flexibility index (Phi) is 4.51. The molecule has 1 N–H and O–H groups in total. The highest BCUT2D eigenvalue weighted by Gasteiger charge is 2.30. The first-order chi connectivity index (χ1) is 7.00. The Labute approximate surface area is 92.6 Å². The topological polar surface area (TPSA) is 52.7 Å². The van der Waals surface area contributed by atoms with Crippen molar-refractivity contribution in [1.82, 2.24) is 13.9 Å². The Morgan fingerprint density at radius 3 is 2.40 bits per heavy atom. The minimum absolute atomic E-state index is 0.0601. The number of rotatable bonds is 4. The Morgan fingerprint density at radius 2 is 1.93 bits per heavy atom. The Hall–Kier alpha value is -0.170. The summed E-state index contributed by atoms with van der Waals surface area (Å²) >= 11 is 0. The second kappa shape index (κ2) is 5.25. The summed E-state index contributed by atoms with van der Waals surface area (Å²) in [7, 11) is -1.59. The molecule has 0 saturated carbocycles. The monoisotopic (exact) mass is 235 g/mol. The molecule has 90 valence electrons. The fourth-order valence-electron chi connectivity index (χ4n) is 1.54. The summed E-state index contributed by atoms with van der Waals surface area (Å²) in [6.07, 6.45) is 0.835. The second-order valence-electron chi connectivity index (χ2n) is 3.93. The van der Waals surface area contributed by atoms with Crippen molar-refractivity contribution >= 4 is 10.2 Å². The largest absolute Gasteiger partial charge is 0.314 e. The van der Waals surface area contributed by atoms with E-state index in [1.54, 1.807) is 11.4 Å². The van der Waals surface area contributed by atoms with Gasteiger partial charge in [0.15, 0.2) is 0 Å². The van der Waals surface area contributed by atoms with E-state index in [1.165, 1.54) is 4.31 Å². The van der Waals surface area contributed by atoms with E-state index in [0.29, 0.717) is 13.1 Å². The van der Waals surface area contributed by atoms with E-state index in [4.69, 9.17) is 0 Å². The van der Waals surface area contributed by atoms with Gasteiger partial charge in [0.1, 0.15) is 0 Å². The molecule has 0 bridgehead atoms. The van der Waals surface area contributed by atoms with Crippen molar-refractivity contribution in [3.63, 3.8) is 0 Å². The zero-order valence-electron chi connectivity index (χ0n) is 9.73. The third-order valence-corrected chi connectivity index (χ3v) is 5.08. The fraction of sp³-hybridized carbons (Fsp3) is 1.00. The van der Waals surface area contributed by atoms with Gasteiger partial charge >= 0.3 is 0 Å². The molecule has 0 aromatic heterocycles. The van der Waals surface area contributed by atoms with Crippen molar-refractivity contribution in [2.45, 2.75) is 26.3 Å². The van der Waals surface area contributed by atoms with Gasteiger partial charge in [-0.05, 0) is 13.3 Å². The number of hydrogen-bond donors (Lipinski definition) is 1. The lowest BCUT2D eigenvalue weighted by atomic mass is 10.3. The summed E-state index contributed by atoms with van der Waals surface area (Å²) in [5, 5.41) is 3.14. The molecule has 0 aromatic rings. The molecule has 6 heteroatoms. The summed E-state index contributed by atoms with van der Waals surface area (Å²) in [5.41, 5.74) is 0. The van der Waals surface area contributed by atoms with Crippen LogP contribution in [0.3, 0.4) is 0 Å². The van der Waals surface area contributed by atoms with Crippen LogP contribution < -0.4 is 5.32 Å². The van der Waals surface area contributed by atoms with E-state index in [-0.39, 0.29) is 6.04 Å². The van der Waals surface area contributed by atoms with Gasteiger partial charge < -0.3 is 5.32 Å². The smallest absolute Gasteiger partial charge is 0.282 e. The maximum atomic E-state index is 12.1. The molecule has 1 aliphatic rings. The van der Waals surface area contributed by atoms with Crippen LogP contribution in [0, 0.1) is 0 Å². The van der Waals surface area contributed by atoms with Crippen LogP contribution in [0.2, 0.25) is 0 Å². The van der Waals surface area contributed by atoms with Gasteiger partial charge in [0, 0.05) is 39.3 Å². The van der Waals surface area contributed by atoms with E-state index in [1.807, 2.05) is 13.8 Å². The average Bonchev–Trinajstić information content (AvgIpc) is 2.28. The lowest BCUT2D eigenvalue weighted by Crippen LogP contribution is -2.52. The van der Waals surface area contributed by atoms with Crippen LogP contribution in [-0.2, 0) is 10.2 Å². The Balaban J connectivity index is 2.72. The molecule has 0 radical (unpaired) electrons. The second-order valence-corrected chi connectivity index (χ2v) is 5.92. The molecule has 0 aliphatic carbocycles. The summed E-state index contributed by atoms with van der Waals surface area (Å²) in [6, 6.07) is 0.0601. The van der Waals surface area contributed by atoms with Gasteiger partial charge in [-0.25, -0.2) is 0 Å². The van der Waals surface area contributed by atoms with Crippen LogP contribution in [0.1, 0.15) is 20.3 Å². The van der Waals surface area contributed by atoms with Gasteiger partial charge in [-0.2, -0.15) is 17.0 Å². The van der Waals surface area contributed by atoms with E-state index in [9.17, 15) is 8.42 Å². The highest BCUT2D eigenvalue weighted by molar-refractivity contribution is 7.86. The van der Waals surface area contributed by atoms with E-state index in [2.05, 4.69) is 5.32 Å².